The number of nitrogens with one attached hydrogen (secondary N) is 1. The van der Waals surface area contributed by atoms with E-state index >= 15 is 0 Å². The summed E-state index contributed by atoms with van der Waals surface area (Å²) in [4.78, 5) is 34.4. The van der Waals surface area contributed by atoms with Gasteiger partial charge in [0.2, 0.25) is 5.91 Å². The molecule has 0 aliphatic heterocycles. The molecule has 198 valence electrons. The number of carbonyl (C=O) groups is 3. The molecule has 0 bridgehead atoms. The van der Waals surface area contributed by atoms with Crippen molar-refractivity contribution in [2.45, 2.75) is 142 Å². The fourth-order valence-corrected chi connectivity index (χ4v) is 3.85. The molecule has 0 fully saturated rings. The minimum atomic E-state index is -1.03. The summed E-state index contributed by atoms with van der Waals surface area (Å²) in [6, 6.07) is 0. The second kappa shape index (κ2) is 24.3. The molecule has 0 aliphatic carbocycles. The fraction of sp³-hybridized carbons (Fsp3) is 0.821. The number of carboxylic acid groups (broad SMARTS) is 1. The molecule has 6 nitrogen and oxygen atoms in total. The van der Waals surface area contributed by atoms with Gasteiger partial charge in [-0.3, -0.25) is 14.4 Å². The molecular formula is C28H51NO5. The number of ether oxygens (including phenoxy) is 1. The van der Waals surface area contributed by atoms with Gasteiger partial charge < -0.3 is 15.2 Å². The number of hydrogen-bond donors (Lipinski definition) is 2. The Hall–Kier alpha value is -1.85. The van der Waals surface area contributed by atoms with E-state index < -0.39 is 5.97 Å². The number of amides is 1. The van der Waals surface area contributed by atoms with Gasteiger partial charge in [-0.25, -0.2) is 0 Å². The van der Waals surface area contributed by atoms with Crippen LogP contribution in [0.3, 0.4) is 0 Å². The Morgan fingerprint density at radius 1 is 0.735 bits per heavy atom. The van der Waals surface area contributed by atoms with Gasteiger partial charge >= 0.3 is 11.9 Å². The standard InChI is InChI=1S/C28H51NO5/c1-3-5-7-8-9-10-11-12-13-14-19-23-28(33)34-25(20-16-6-4-2)21-17-15-18-22-26(30)29-24-27(31)32/h8-9,25H,3-7,10-24H2,1-2H3,(H,29,30)(H,31,32)/b9-8-. The van der Waals surface area contributed by atoms with Gasteiger partial charge in [0.25, 0.3) is 0 Å². The van der Waals surface area contributed by atoms with Gasteiger partial charge in [0, 0.05) is 12.8 Å². The number of aliphatic carboxylic acids is 1. The minimum absolute atomic E-state index is 0.0283. The Morgan fingerprint density at radius 3 is 1.97 bits per heavy atom. The molecule has 0 aromatic heterocycles. The molecule has 0 spiro atoms. The van der Waals surface area contributed by atoms with Crippen LogP contribution in [0.2, 0.25) is 0 Å². The number of carboxylic acids is 1. The number of allylic oxidation sites excluding steroid dienone is 2. The Bertz CT molecular complexity index is 547. The normalized spacial score (nSPS) is 12.1. The van der Waals surface area contributed by atoms with Crippen LogP contribution in [0.1, 0.15) is 136 Å². The van der Waals surface area contributed by atoms with E-state index in [1.54, 1.807) is 0 Å². The second-order valence-corrected chi connectivity index (χ2v) is 9.30. The molecule has 0 heterocycles. The lowest BCUT2D eigenvalue weighted by atomic mass is 10.0. The highest BCUT2D eigenvalue weighted by Gasteiger charge is 2.14. The topological polar surface area (TPSA) is 92.7 Å². The zero-order chi connectivity index (χ0) is 25.3. The van der Waals surface area contributed by atoms with Crippen molar-refractivity contribution in [1.29, 1.82) is 0 Å². The van der Waals surface area contributed by atoms with E-state index in [1.807, 2.05) is 0 Å². The molecule has 1 amide bonds. The molecule has 1 unspecified atom stereocenters. The van der Waals surface area contributed by atoms with E-state index in [-0.39, 0.29) is 24.5 Å². The van der Waals surface area contributed by atoms with Gasteiger partial charge in [0.05, 0.1) is 0 Å². The monoisotopic (exact) mass is 481 g/mol. The molecule has 0 saturated carbocycles. The van der Waals surface area contributed by atoms with Crippen molar-refractivity contribution in [2.75, 3.05) is 6.54 Å². The molecule has 0 rings (SSSR count). The van der Waals surface area contributed by atoms with Crippen LogP contribution in [0, 0.1) is 0 Å². The van der Waals surface area contributed by atoms with Crippen LogP contribution in [-0.4, -0.2) is 35.6 Å². The highest BCUT2D eigenvalue weighted by molar-refractivity contribution is 5.80. The number of unbranched alkanes of at least 4 members (excludes halogenated alkanes) is 11. The van der Waals surface area contributed by atoms with Crippen LogP contribution >= 0.6 is 0 Å². The van der Waals surface area contributed by atoms with Gasteiger partial charge in [-0.2, -0.15) is 0 Å². The Morgan fingerprint density at radius 2 is 1.29 bits per heavy atom. The maximum atomic E-state index is 12.3. The highest BCUT2D eigenvalue weighted by atomic mass is 16.5. The lowest BCUT2D eigenvalue weighted by Gasteiger charge is -2.18. The molecule has 0 aliphatic rings. The summed E-state index contributed by atoms with van der Waals surface area (Å²) in [5, 5.41) is 11.0. The molecule has 34 heavy (non-hydrogen) atoms. The SMILES string of the molecule is CCCC/C=C\CCCCCCCC(=O)OC(CCCCC)CCCCCC(=O)NCC(=O)O. The molecule has 2 N–H and O–H groups in total. The van der Waals surface area contributed by atoms with Crippen molar-refractivity contribution >= 4 is 17.8 Å². The largest absolute Gasteiger partial charge is 0.480 e. The summed E-state index contributed by atoms with van der Waals surface area (Å²) in [5.74, 6) is -1.33. The van der Waals surface area contributed by atoms with Crippen molar-refractivity contribution < 1.29 is 24.2 Å². The second-order valence-electron chi connectivity index (χ2n) is 9.30. The Labute approximate surface area is 208 Å². The third-order valence-corrected chi connectivity index (χ3v) is 5.94. The zero-order valence-electron chi connectivity index (χ0n) is 22.0. The molecular weight excluding hydrogens is 430 g/mol. The predicted octanol–water partition coefficient (Wildman–Crippen LogP) is 7.11. The summed E-state index contributed by atoms with van der Waals surface area (Å²) in [7, 11) is 0. The van der Waals surface area contributed by atoms with E-state index in [1.165, 1.54) is 38.5 Å². The van der Waals surface area contributed by atoms with Crippen LogP contribution in [0.4, 0.5) is 0 Å². The smallest absolute Gasteiger partial charge is 0.322 e. The summed E-state index contributed by atoms with van der Waals surface area (Å²) < 4.78 is 5.79. The third-order valence-electron chi connectivity index (χ3n) is 5.94. The summed E-state index contributed by atoms with van der Waals surface area (Å²) in [5.41, 5.74) is 0. The molecule has 0 aromatic rings. The summed E-state index contributed by atoms with van der Waals surface area (Å²) >= 11 is 0. The van der Waals surface area contributed by atoms with E-state index in [9.17, 15) is 14.4 Å². The van der Waals surface area contributed by atoms with Crippen LogP contribution in [0.15, 0.2) is 12.2 Å². The maximum Gasteiger partial charge on any atom is 0.322 e. The molecule has 0 aromatic carbocycles. The fourth-order valence-electron chi connectivity index (χ4n) is 3.85. The van der Waals surface area contributed by atoms with Crippen molar-refractivity contribution in [1.82, 2.24) is 5.32 Å². The Kier molecular flexibility index (Phi) is 23.0. The van der Waals surface area contributed by atoms with E-state index in [4.69, 9.17) is 9.84 Å². The first kappa shape index (κ1) is 32.1. The van der Waals surface area contributed by atoms with E-state index in [0.29, 0.717) is 12.8 Å². The molecule has 1 atom stereocenters. The van der Waals surface area contributed by atoms with Gasteiger partial charge in [-0.15, -0.1) is 0 Å². The van der Waals surface area contributed by atoms with Crippen LogP contribution < -0.4 is 5.32 Å². The van der Waals surface area contributed by atoms with Crippen LogP contribution in [0.5, 0.6) is 0 Å². The van der Waals surface area contributed by atoms with Crippen molar-refractivity contribution in [3.63, 3.8) is 0 Å². The molecule has 0 saturated heterocycles. The molecule has 6 heteroatoms. The highest BCUT2D eigenvalue weighted by Crippen LogP contribution is 2.17. The van der Waals surface area contributed by atoms with Crippen molar-refractivity contribution in [3.8, 4) is 0 Å². The zero-order valence-corrected chi connectivity index (χ0v) is 22.0. The van der Waals surface area contributed by atoms with Crippen molar-refractivity contribution in [3.05, 3.63) is 12.2 Å². The molecule has 0 radical (unpaired) electrons. The first-order valence-corrected chi connectivity index (χ1v) is 13.8. The first-order chi connectivity index (χ1) is 16.5. The van der Waals surface area contributed by atoms with Gasteiger partial charge in [-0.05, 0) is 57.8 Å². The lowest BCUT2D eigenvalue weighted by Crippen LogP contribution is -2.28. The van der Waals surface area contributed by atoms with Crippen molar-refractivity contribution in [2.24, 2.45) is 0 Å². The minimum Gasteiger partial charge on any atom is -0.480 e. The maximum absolute atomic E-state index is 12.3. The summed E-state index contributed by atoms with van der Waals surface area (Å²) in [6.45, 7) is 4.06. The number of rotatable bonds is 24. The average molecular weight is 482 g/mol. The van der Waals surface area contributed by atoms with E-state index in [0.717, 1.165) is 70.6 Å². The quantitative estimate of drug-likeness (QED) is 0.0870. The van der Waals surface area contributed by atoms with Gasteiger partial charge in [-0.1, -0.05) is 77.4 Å². The summed E-state index contributed by atoms with van der Waals surface area (Å²) in [6.07, 6.45) is 23.5. The Balaban J connectivity index is 3.94. The van der Waals surface area contributed by atoms with Gasteiger partial charge in [0.15, 0.2) is 0 Å². The first-order valence-electron chi connectivity index (χ1n) is 13.8. The lowest BCUT2D eigenvalue weighted by molar-refractivity contribution is -0.150. The van der Waals surface area contributed by atoms with Crippen LogP contribution in [-0.2, 0) is 19.1 Å². The third kappa shape index (κ3) is 23.3. The average Bonchev–Trinajstić information content (AvgIpc) is 2.81. The van der Waals surface area contributed by atoms with Crippen LogP contribution in [0.25, 0.3) is 0 Å². The van der Waals surface area contributed by atoms with E-state index in [2.05, 4.69) is 31.3 Å². The number of esters is 1. The number of carbonyl (C=O) groups excluding carboxylic acids is 2. The predicted molar refractivity (Wildman–Crippen MR) is 139 cm³/mol. The van der Waals surface area contributed by atoms with Gasteiger partial charge in [0.1, 0.15) is 12.6 Å². The number of hydrogen-bond acceptors (Lipinski definition) is 4.